The largest absolute Gasteiger partial charge is 0.493 e. The average Bonchev–Trinajstić information content (AvgIpc) is 2.65. The number of halogens is 3. The number of nitrogens with two attached hydrogens (primary N) is 1. The molecule has 96 valence electrons. The number of hydrogen-bond donors (Lipinski definition) is 1. The maximum atomic E-state index is 14.0. The van der Waals surface area contributed by atoms with Crippen LogP contribution in [0.15, 0.2) is 12.3 Å². The van der Waals surface area contributed by atoms with Crippen LogP contribution < -0.4 is 10.5 Å². The molecule has 18 heavy (non-hydrogen) atoms. The molecule has 0 unspecified atom stereocenters. The minimum atomic E-state index is -0.797. The zero-order valence-electron chi connectivity index (χ0n) is 9.67. The van der Waals surface area contributed by atoms with Crippen molar-refractivity contribution in [3.05, 3.63) is 28.9 Å². The molecular weight excluding hydrogens is 264 g/mol. The average molecular weight is 274 g/mol. The number of hydrogen-bond acceptors (Lipinski definition) is 3. The van der Waals surface area contributed by atoms with Gasteiger partial charge in [-0.1, -0.05) is 11.6 Å². The van der Waals surface area contributed by atoms with Crippen molar-refractivity contribution in [1.82, 2.24) is 9.78 Å². The lowest BCUT2D eigenvalue weighted by Gasteiger charge is -2.11. The fraction of sp³-hybridized carbons (Fsp3) is 0.182. The van der Waals surface area contributed by atoms with Gasteiger partial charge in [0.2, 0.25) is 0 Å². The highest BCUT2D eigenvalue weighted by atomic mass is 35.5. The van der Waals surface area contributed by atoms with E-state index in [1.807, 2.05) is 0 Å². The topological polar surface area (TPSA) is 53.1 Å². The quantitative estimate of drug-likeness (QED) is 0.856. The number of anilines is 1. The minimum absolute atomic E-state index is 0.131. The molecule has 0 atom stereocenters. The van der Waals surface area contributed by atoms with E-state index in [4.69, 9.17) is 22.1 Å². The van der Waals surface area contributed by atoms with Crippen LogP contribution in [0.25, 0.3) is 11.1 Å². The number of benzene rings is 1. The molecule has 2 aromatic rings. The van der Waals surface area contributed by atoms with E-state index in [2.05, 4.69) is 5.10 Å². The van der Waals surface area contributed by atoms with Gasteiger partial charge in [0.1, 0.15) is 5.82 Å². The Balaban J connectivity index is 2.81. The van der Waals surface area contributed by atoms with Crippen LogP contribution in [0.1, 0.15) is 0 Å². The molecule has 4 nitrogen and oxygen atoms in total. The summed E-state index contributed by atoms with van der Waals surface area (Å²) in [6.07, 6.45) is 1.33. The fourth-order valence-corrected chi connectivity index (χ4v) is 1.85. The van der Waals surface area contributed by atoms with Gasteiger partial charge in [0, 0.05) is 7.05 Å². The predicted molar refractivity (Wildman–Crippen MR) is 64.5 cm³/mol. The highest BCUT2D eigenvalue weighted by Gasteiger charge is 2.23. The summed E-state index contributed by atoms with van der Waals surface area (Å²) in [4.78, 5) is 0. The first-order chi connectivity index (χ1) is 8.47. The summed E-state index contributed by atoms with van der Waals surface area (Å²) in [7, 11) is 2.83. The summed E-state index contributed by atoms with van der Waals surface area (Å²) < 4.78 is 33.9. The Morgan fingerprint density at radius 2 is 2.11 bits per heavy atom. The molecule has 2 N–H and O–H groups in total. The molecule has 0 saturated carbocycles. The van der Waals surface area contributed by atoms with E-state index in [0.29, 0.717) is 0 Å². The number of aryl methyl sites for hydroxylation is 1. The molecule has 0 spiro atoms. The van der Waals surface area contributed by atoms with Crippen LogP contribution in [-0.2, 0) is 7.05 Å². The summed E-state index contributed by atoms with van der Waals surface area (Å²) in [6, 6.07) is 0.853. The minimum Gasteiger partial charge on any atom is -0.493 e. The monoisotopic (exact) mass is 273 g/mol. The molecule has 1 aromatic heterocycles. The zero-order chi connectivity index (χ0) is 13.4. The standard InChI is InChI=1S/C11H10ClF2N3O/c1-17-11(15)5(4-16-17)8-9(14)6(12)3-7(13)10(8)18-2/h3-4H,15H2,1-2H3. The summed E-state index contributed by atoms with van der Waals surface area (Å²) in [5.41, 5.74) is 5.84. The highest BCUT2D eigenvalue weighted by Crippen LogP contribution is 2.40. The molecule has 7 heteroatoms. The Kier molecular flexibility index (Phi) is 3.13. The van der Waals surface area contributed by atoms with E-state index in [1.165, 1.54) is 18.0 Å². The maximum Gasteiger partial charge on any atom is 0.167 e. The van der Waals surface area contributed by atoms with Crippen molar-refractivity contribution in [3.8, 4) is 16.9 Å². The lowest BCUT2D eigenvalue weighted by molar-refractivity contribution is 0.385. The normalized spacial score (nSPS) is 10.7. The third-order valence-electron chi connectivity index (χ3n) is 2.58. The molecule has 0 aliphatic carbocycles. The molecule has 1 aromatic carbocycles. The molecule has 1 heterocycles. The summed E-state index contributed by atoms with van der Waals surface area (Å²) >= 11 is 5.62. The number of aromatic nitrogens is 2. The van der Waals surface area contributed by atoms with E-state index in [0.717, 1.165) is 6.07 Å². The van der Waals surface area contributed by atoms with Gasteiger partial charge < -0.3 is 10.5 Å². The van der Waals surface area contributed by atoms with E-state index < -0.39 is 11.6 Å². The van der Waals surface area contributed by atoms with Gasteiger partial charge in [-0.15, -0.1) is 0 Å². The van der Waals surface area contributed by atoms with Crippen LogP contribution in [0, 0.1) is 11.6 Å². The first kappa shape index (κ1) is 12.6. The molecule has 0 radical (unpaired) electrons. The van der Waals surface area contributed by atoms with Crippen molar-refractivity contribution in [2.24, 2.45) is 7.05 Å². The number of nitrogen functional groups attached to an aromatic ring is 1. The Morgan fingerprint density at radius 3 is 2.61 bits per heavy atom. The van der Waals surface area contributed by atoms with Crippen LogP contribution in [-0.4, -0.2) is 16.9 Å². The first-order valence-electron chi connectivity index (χ1n) is 4.96. The Bertz CT molecular complexity index is 613. The highest BCUT2D eigenvalue weighted by molar-refractivity contribution is 6.31. The lowest BCUT2D eigenvalue weighted by atomic mass is 10.1. The van der Waals surface area contributed by atoms with Gasteiger partial charge >= 0.3 is 0 Å². The van der Waals surface area contributed by atoms with E-state index in [1.54, 1.807) is 7.05 Å². The first-order valence-corrected chi connectivity index (χ1v) is 5.34. The summed E-state index contributed by atoms with van der Waals surface area (Å²) in [5.74, 6) is -1.62. The van der Waals surface area contributed by atoms with Gasteiger partial charge in [0.15, 0.2) is 17.4 Å². The SMILES string of the molecule is COc1c(F)cc(Cl)c(F)c1-c1cnn(C)c1N. The Hall–Kier alpha value is -1.82. The van der Waals surface area contributed by atoms with E-state index in [9.17, 15) is 8.78 Å². The van der Waals surface area contributed by atoms with Crippen molar-refractivity contribution >= 4 is 17.4 Å². The molecule has 2 rings (SSSR count). The summed E-state index contributed by atoms with van der Waals surface area (Å²) in [5, 5.41) is 3.53. The number of nitrogens with zero attached hydrogens (tertiary/aromatic N) is 2. The van der Waals surface area contributed by atoms with Crippen molar-refractivity contribution in [2.75, 3.05) is 12.8 Å². The van der Waals surface area contributed by atoms with Crippen molar-refractivity contribution in [2.45, 2.75) is 0 Å². The summed E-state index contributed by atoms with van der Waals surface area (Å²) in [6.45, 7) is 0. The van der Waals surface area contributed by atoms with Gasteiger partial charge in [-0.25, -0.2) is 8.78 Å². The van der Waals surface area contributed by atoms with Gasteiger partial charge in [0.05, 0.1) is 29.5 Å². The van der Waals surface area contributed by atoms with E-state index >= 15 is 0 Å². The van der Waals surface area contributed by atoms with Crippen LogP contribution in [0.5, 0.6) is 5.75 Å². The molecule has 0 fully saturated rings. The van der Waals surface area contributed by atoms with Gasteiger partial charge in [-0.2, -0.15) is 5.10 Å². The Morgan fingerprint density at radius 1 is 1.44 bits per heavy atom. The van der Waals surface area contributed by atoms with Crippen molar-refractivity contribution in [3.63, 3.8) is 0 Å². The van der Waals surface area contributed by atoms with E-state index in [-0.39, 0.29) is 27.7 Å². The molecule has 0 aliphatic heterocycles. The zero-order valence-corrected chi connectivity index (χ0v) is 10.4. The van der Waals surface area contributed by atoms with Gasteiger partial charge in [0.25, 0.3) is 0 Å². The Labute approximate surface area is 107 Å². The molecule has 0 aliphatic rings. The van der Waals surface area contributed by atoms with Gasteiger partial charge in [-0.3, -0.25) is 4.68 Å². The third kappa shape index (κ3) is 1.78. The molecular formula is C11H10ClF2N3O. The molecule has 0 saturated heterocycles. The van der Waals surface area contributed by atoms with Crippen molar-refractivity contribution < 1.29 is 13.5 Å². The fourth-order valence-electron chi connectivity index (χ4n) is 1.66. The number of ether oxygens (including phenoxy) is 1. The lowest BCUT2D eigenvalue weighted by Crippen LogP contribution is -2.01. The molecule has 0 amide bonds. The second kappa shape index (κ2) is 4.45. The molecule has 0 bridgehead atoms. The van der Waals surface area contributed by atoms with Crippen LogP contribution >= 0.6 is 11.6 Å². The van der Waals surface area contributed by atoms with Crippen LogP contribution in [0.4, 0.5) is 14.6 Å². The predicted octanol–water partition coefficient (Wildman–Crippen LogP) is 2.61. The third-order valence-corrected chi connectivity index (χ3v) is 2.86. The van der Waals surface area contributed by atoms with Crippen LogP contribution in [0.2, 0.25) is 5.02 Å². The number of rotatable bonds is 2. The maximum absolute atomic E-state index is 14.0. The smallest absolute Gasteiger partial charge is 0.167 e. The van der Waals surface area contributed by atoms with Crippen molar-refractivity contribution in [1.29, 1.82) is 0 Å². The second-order valence-electron chi connectivity index (χ2n) is 3.63. The van der Waals surface area contributed by atoms with Gasteiger partial charge in [-0.05, 0) is 6.07 Å². The second-order valence-corrected chi connectivity index (χ2v) is 4.04. The number of methoxy groups -OCH3 is 1. The van der Waals surface area contributed by atoms with Crippen LogP contribution in [0.3, 0.4) is 0 Å².